The van der Waals surface area contributed by atoms with Crippen LogP contribution in [0.1, 0.15) is 58.1 Å². The molecule has 1 aliphatic heterocycles. The summed E-state index contributed by atoms with van der Waals surface area (Å²) in [5.74, 6) is -0.919. The quantitative estimate of drug-likeness (QED) is 0.428. The lowest BCUT2D eigenvalue weighted by atomic mass is 9.99. The van der Waals surface area contributed by atoms with Crippen molar-refractivity contribution in [2.75, 3.05) is 6.54 Å². The van der Waals surface area contributed by atoms with E-state index in [9.17, 15) is 9.18 Å². The number of hydrogen-bond donors (Lipinski definition) is 1. The molecule has 1 saturated carbocycles. The number of aromatic nitrogens is 7. The molecule has 0 saturated heterocycles. The standard InChI is InChI=1S/C24H19FN8O2/c25-15-4-1-8-26-19(15)22-29-30-23(35-22)24(34)32-10-7-16-20(28-12-27-16)21(32)17-11-18-14(13-5-6-13)3-2-9-33(18)31-17/h1-4,8-9,11-13,21H,5-7,10H2,(H,27,28)/t21-/m0/s1. The van der Waals surface area contributed by atoms with E-state index in [1.165, 1.54) is 36.7 Å². The lowest BCUT2D eigenvalue weighted by Gasteiger charge is -2.32. The minimum Gasteiger partial charge on any atom is -0.411 e. The molecule has 1 atom stereocenters. The lowest BCUT2D eigenvalue weighted by Crippen LogP contribution is -2.41. The van der Waals surface area contributed by atoms with Gasteiger partial charge in [0, 0.05) is 31.1 Å². The van der Waals surface area contributed by atoms with Gasteiger partial charge < -0.3 is 14.3 Å². The van der Waals surface area contributed by atoms with Gasteiger partial charge in [-0.2, -0.15) is 5.10 Å². The van der Waals surface area contributed by atoms with Crippen LogP contribution in [0, 0.1) is 5.82 Å². The second-order valence-corrected chi connectivity index (χ2v) is 8.80. The Morgan fingerprint density at radius 2 is 2.09 bits per heavy atom. The molecule has 0 aromatic carbocycles. The molecule has 0 bridgehead atoms. The Hall–Kier alpha value is -4.41. The summed E-state index contributed by atoms with van der Waals surface area (Å²) < 4.78 is 21.6. The molecule has 1 fully saturated rings. The summed E-state index contributed by atoms with van der Waals surface area (Å²) in [6, 6.07) is 8.34. The second kappa shape index (κ2) is 7.55. The van der Waals surface area contributed by atoms with E-state index in [4.69, 9.17) is 9.52 Å². The molecule has 10 nitrogen and oxygen atoms in total. The highest BCUT2D eigenvalue weighted by Crippen LogP contribution is 2.43. The maximum absolute atomic E-state index is 14.1. The number of amides is 1. The average molecular weight is 470 g/mol. The molecule has 0 radical (unpaired) electrons. The zero-order valence-electron chi connectivity index (χ0n) is 18.4. The van der Waals surface area contributed by atoms with Crippen molar-refractivity contribution in [3.63, 3.8) is 0 Å². The van der Waals surface area contributed by atoms with Gasteiger partial charge in [0.15, 0.2) is 11.5 Å². The molecular formula is C24H19FN8O2. The van der Waals surface area contributed by atoms with E-state index in [2.05, 4.69) is 31.2 Å². The number of hydrogen-bond acceptors (Lipinski definition) is 7. The number of rotatable bonds is 4. The van der Waals surface area contributed by atoms with E-state index in [-0.39, 0.29) is 17.5 Å². The third kappa shape index (κ3) is 3.22. The minimum atomic E-state index is -0.608. The number of nitrogens with zero attached hydrogens (tertiary/aromatic N) is 7. The van der Waals surface area contributed by atoms with Crippen LogP contribution in [0.4, 0.5) is 4.39 Å². The summed E-state index contributed by atoms with van der Waals surface area (Å²) in [4.78, 5) is 26.9. The van der Waals surface area contributed by atoms with E-state index in [0.717, 1.165) is 16.9 Å². The van der Waals surface area contributed by atoms with Crippen molar-refractivity contribution in [2.24, 2.45) is 0 Å². The van der Waals surface area contributed by atoms with Crippen LogP contribution in [-0.4, -0.2) is 52.1 Å². The van der Waals surface area contributed by atoms with Crippen LogP contribution in [0.5, 0.6) is 0 Å². The molecule has 174 valence electrons. The first-order valence-electron chi connectivity index (χ1n) is 11.4. The van der Waals surface area contributed by atoms with Crippen LogP contribution in [0.25, 0.3) is 17.1 Å². The van der Waals surface area contributed by atoms with Crippen LogP contribution < -0.4 is 0 Å². The fraction of sp³-hybridized carbons (Fsp3) is 0.250. The fourth-order valence-corrected chi connectivity index (χ4v) is 4.80. The zero-order chi connectivity index (χ0) is 23.5. The second-order valence-electron chi connectivity index (χ2n) is 8.80. The predicted molar refractivity (Wildman–Crippen MR) is 120 cm³/mol. The van der Waals surface area contributed by atoms with Gasteiger partial charge in [0.25, 0.3) is 5.89 Å². The average Bonchev–Trinajstić information content (AvgIpc) is 3.25. The van der Waals surface area contributed by atoms with Crippen LogP contribution in [0.2, 0.25) is 0 Å². The van der Waals surface area contributed by atoms with Crippen LogP contribution in [-0.2, 0) is 6.42 Å². The van der Waals surface area contributed by atoms with Crippen LogP contribution in [0.15, 0.2) is 53.5 Å². The number of nitrogens with one attached hydrogen (secondary N) is 1. The number of carbonyl (C=O) groups excluding carboxylic acids is 1. The summed E-state index contributed by atoms with van der Waals surface area (Å²) in [6.45, 7) is 0.401. The van der Waals surface area contributed by atoms with E-state index in [1.54, 1.807) is 11.2 Å². The fourth-order valence-electron chi connectivity index (χ4n) is 4.80. The monoisotopic (exact) mass is 470 g/mol. The van der Waals surface area contributed by atoms with Gasteiger partial charge >= 0.3 is 11.8 Å². The van der Waals surface area contributed by atoms with Gasteiger partial charge in [-0.25, -0.2) is 18.9 Å². The molecular weight excluding hydrogens is 451 g/mol. The first-order chi connectivity index (χ1) is 17.2. The molecule has 7 rings (SSSR count). The van der Waals surface area contributed by atoms with E-state index in [0.29, 0.717) is 24.6 Å². The van der Waals surface area contributed by atoms with Gasteiger partial charge in [-0.05, 0) is 48.6 Å². The topological polar surface area (TPSA) is 118 Å². The highest BCUT2D eigenvalue weighted by molar-refractivity contribution is 5.90. The van der Waals surface area contributed by atoms with Gasteiger partial charge in [0.2, 0.25) is 0 Å². The SMILES string of the molecule is O=C(c1nnc(-c2ncccc2F)o1)N1CCc2[nH]cnc2[C@@H]1c1cc2c(C3CC3)cccn2n1. The molecule has 5 aromatic rings. The van der Waals surface area contributed by atoms with Crippen molar-refractivity contribution >= 4 is 11.4 Å². The van der Waals surface area contributed by atoms with Crippen molar-refractivity contribution in [2.45, 2.75) is 31.2 Å². The lowest BCUT2D eigenvalue weighted by molar-refractivity contribution is 0.0646. The first-order valence-corrected chi connectivity index (χ1v) is 11.4. The Kier molecular flexibility index (Phi) is 4.32. The van der Waals surface area contributed by atoms with E-state index in [1.807, 2.05) is 22.8 Å². The molecule has 0 unspecified atom stereocenters. The molecule has 5 aromatic heterocycles. The zero-order valence-corrected chi connectivity index (χ0v) is 18.4. The van der Waals surface area contributed by atoms with Gasteiger partial charge in [-0.15, -0.1) is 10.2 Å². The van der Waals surface area contributed by atoms with Crippen molar-refractivity contribution in [1.82, 2.24) is 39.7 Å². The molecule has 11 heteroatoms. The van der Waals surface area contributed by atoms with Crippen molar-refractivity contribution in [1.29, 1.82) is 0 Å². The summed E-state index contributed by atoms with van der Waals surface area (Å²) in [7, 11) is 0. The number of imidazole rings is 1. The van der Waals surface area contributed by atoms with Crippen molar-refractivity contribution in [3.05, 3.63) is 83.4 Å². The minimum absolute atomic E-state index is 0.100. The van der Waals surface area contributed by atoms with Crippen LogP contribution in [0.3, 0.4) is 0 Å². The van der Waals surface area contributed by atoms with Gasteiger partial charge in [0.05, 0.1) is 23.2 Å². The van der Waals surface area contributed by atoms with Crippen molar-refractivity contribution in [3.8, 4) is 11.6 Å². The van der Waals surface area contributed by atoms with Gasteiger partial charge in [-0.3, -0.25) is 4.79 Å². The normalized spacial score (nSPS) is 17.6. The number of pyridine rings is 2. The predicted octanol–water partition coefficient (Wildman–Crippen LogP) is 3.31. The number of carbonyl (C=O) groups is 1. The highest BCUT2D eigenvalue weighted by atomic mass is 19.1. The number of fused-ring (bicyclic) bond motifs is 2. The van der Waals surface area contributed by atoms with E-state index < -0.39 is 17.8 Å². The summed E-state index contributed by atoms with van der Waals surface area (Å²) in [5.41, 5.74) is 4.59. The number of H-pyrrole nitrogens is 1. The van der Waals surface area contributed by atoms with Crippen LogP contribution >= 0.6 is 0 Å². The number of aromatic amines is 1. The first kappa shape index (κ1) is 20.0. The van der Waals surface area contributed by atoms with Crippen molar-refractivity contribution < 1.29 is 13.6 Å². The number of halogens is 1. The Bertz CT molecular complexity index is 1580. The molecule has 0 spiro atoms. The summed E-state index contributed by atoms with van der Waals surface area (Å²) >= 11 is 0. The van der Waals surface area contributed by atoms with Gasteiger partial charge in [0.1, 0.15) is 6.04 Å². The molecule has 6 heterocycles. The van der Waals surface area contributed by atoms with E-state index >= 15 is 0 Å². The Labute approximate surface area is 197 Å². The summed E-state index contributed by atoms with van der Waals surface area (Å²) in [6.07, 6.45) is 7.90. The Morgan fingerprint density at radius 1 is 1.17 bits per heavy atom. The molecule has 1 amide bonds. The molecule has 2 aliphatic rings. The van der Waals surface area contributed by atoms with Gasteiger partial charge in [-0.1, -0.05) is 6.07 Å². The third-order valence-electron chi connectivity index (χ3n) is 6.61. The maximum atomic E-state index is 14.1. The Balaban J connectivity index is 1.29. The third-order valence-corrected chi connectivity index (χ3v) is 6.61. The molecule has 1 N–H and O–H groups in total. The highest BCUT2D eigenvalue weighted by Gasteiger charge is 2.38. The summed E-state index contributed by atoms with van der Waals surface area (Å²) in [5, 5.41) is 12.6. The largest absolute Gasteiger partial charge is 0.411 e. The smallest absolute Gasteiger partial charge is 0.312 e. The molecule has 35 heavy (non-hydrogen) atoms. The Morgan fingerprint density at radius 3 is 2.94 bits per heavy atom. The maximum Gasteiger partial charge on any atom is 0.312 e. The molecule has 1 aliphatic carbocycles.